The van der Waals surface area contributed by atoms with Gasteiger partial charge in [0, 0.05) is 17.3 Å². The van der Waals surface area contributed by atoms with Gasteiger partial charge in [-0.1, -0.05) is 36.4 Å². The summed E-state index contributed by atoms with van der Waals surface area (Å²) in [4.78, 5) is 16.6. The molecule has 0 aliphatic carbocycles. The monoisotopic (exact) mass is 341 g/mol. The van der Waals surface area contributed by atoms with Crippen molar-refractivity contribution in [3.8, 4) is 0 Å². The van der Waals surface area contributed by atoms with Gasteiger partial charge < -0.3 is 10.6 Å². The van der Waals surface area contributed by atoms with E-state index < -0.39 is 0 Å². The topological polar surface area (TPSA) is 79.8 Å². The van der Waals surface area contributed by atoms with Crippen LogP contribution in [0, 0.1) is 0 Å². The predicted molar refractivity (Wildman–Crippen MR) is 101 cm³/mol. The summed E-state index contributed by atoms with van der Waals surface area (Å²) in [5.41, 5.74) is 2.64. The third-order valence-corrected chi connectivity index (χ3v) is 3.82. The van der Waals surface area contributed by atoms with Crippen molar-refractivity contribution in [1.29, 1.82) is 0 Å². The molecule has 0 aliphatic heterocycles. The van der Waals surface area contributed by atoms with Crippen molar-refractivity contribution in [3.63, 3.8) is 0 Å². The van der Waals surface area contributed by atoms with Crippen LogP contribution < -0.4 is 10.6 Å². The molecule has 2 N–H and O–H groups in total. The number of hydrogen-bond acceptors (Lipinski definition) is 5. The van der Waals surface area contributed by atoms with Gasteiger partial charge in [-0.25, -0.2) is 0 Å². The molecule has 0 atom stereocenters. The van der Waals surface area contributed by atoms with Crippen molar-refractivity contribution in [2.75, 3.05) is 10.6 Å². The van der Waals surface area contributed by atoms with Crippen LogP contribution in [0.3, 0.4) is 0 Å². The number of amides is 1. The molecule has 0 unspecified atom stereocenters. The maximum atomic E-state index is 12.2. The van der Waals surface area contributed by atoms with E-state index in [-0.39, 0.29) is 11.6 Å². The zero-order valence-electron chi connectivity index (χ0n) is 13.8. The van der Waals surface area contributed by atoms with Crippen LogP contribution in [-0.2, 0) is 0 Å². The van der Waals surface area contributed by atoms with Gasteiger partial charge in [-0.2, -0.15) is 0 Å². The van der Waals surface area contributed by atoms with Gasteiger partial charge in [-0.05, 0) is 36.4 Å². The molecule has 2 aromatic heterocycles. The number of carbonyl (C=O) groups excluding carboxylic acids is 1. The zero-order valence-corrected chi connectivity index (χ0v) is 13.8. The lowest BCUT2D eigenvalue weighted by Gasteiger charge is -2.08. The first-order valence-corrected chi connectivity index (χ1v) is 8.10. The number of rotatable bonds is 4. The van der Waals surface area contributed by atoms with Gasteiger partial charge >= 0.3 is 0 Å². The lowest BCUT2D eigenvalue weighted by atomic mass is 10.2. The summed E-state index contributed by atoms with van der Waals surface area (Å²) < 4.78 is 0. The third-order valence-electron chi connectivity index (χ3n) is 3.82. The summed E-state index contributed by atoms with van der Waals surface area (Å²) >= 11 is 0. The average Bonchev–Trinajstić information content (AvgIpc) is 2.70. The molecule has 0 saturated heterocycles. The van der Waals surface area contributed by atoms with Crippen molar-refractivity contribution in [3.05, 3.63) is 84.7 Å². The summed E-state index contributed by atoms with van der Waals surface area (Å²) in [5, 5.41) is 15.1. The van der Waals surface area contributed by atoms with Crippen LogP contribution in [0.2, 0.25) is 0 Å². The fourth-order valence-corrected chi connectivity index (χ4v) is 2.58. The molecule has 6 heteroatoms. The highest BCUT2D eigenvalue weighted by Crippen LogP contribution is 2.23. The molecule has 26 heavy (non-hydrogen) atoms. The van der Waals surface area contributed by atoms with Crippen LogP contribution in [0.4, 0.5) is 17.2 Å². The molecule has 2 heterocycles. The molecule has 4 rings (SSSR count). The van der Waals surface area contributed by atoms with E-state index in [0.717, 1.165) is 16.6 Å². The molecule has 0 bridgehead atoms. The van der Waals surface area contributed by atoms with Gasteiger partial charge in [0.05, 0.1) is 11.2 Å². The fourth-order valence-electron chi connectivity index (χ4n) is 2.58. The van der Waals surface area contributed by atoms with Crippen LogP contribution in [0.1, 0.15) is 10.5 Å². The maximum absolute atomic E-state index is 12.2. The predicted octanol–water partition coefficient (Wildman–Crippen LogP) is 4.02. The third kappa shape index (κ3) is 3.34. The van der Waals surface area contributed by atoms with E-state index in [0.29, 0.717) is 11.5 Å². The molecular formula is C20H15N5O. The lowest BCUT2D eigenvalue weighted by molar-refractivity contribution is 0.102. The van der Waals surface area contributed by atoms with Crippen LogP contribution in [0.5, 0.6) is 0 Å². The number of para-hydroxylation sites is 2. The molecule has 2 aromatic carbocycles. The second-order valence-corrected chi connectivity index (χ2v) is 5.63. The Hall–Kier alpha value is -3.80. The quantitative estimate of drug-likeness (QED) is 0.586. The van der Waals surface area contributed by atoms with E-state index in [2.05, 4.69) is 25.8 Å². The number of anilines is 3. The summed E-state index contributed by atoms with van der Waals surface area (Å²) in [6, 6.07) is 22.3. The first-order valence-electron chi connectivity index (χ1n) is 8.10. The Morgan fingerprint density at radius 2 is 1.65 bits per heavy atom. The first kappa shape index (κ1) is 15.7. The molecule has 1 amide bonds. The summed E-state index contributed by atoms with van der Waals surface area (Å²) in [7, 11) is 0. The molecule has 6 nitrogen and oxygen atoms in total. The average molecular weight is 341 g/mol. The van der Waals surface area contributed by atoms with E-state index >= 15 is 0 Å². The van der Waals surface area contributed by atoms with E-state index in [1.54, 1.807) is 18.3 Å². The Balaban J connectivity index is 1.51. The summed E-state index contributed by atoms with van der Waals surface area (Å²) in [6.45, 7) is 0. The SMILES string of the molecule is O=C(Nc1ccccc1)c1ccc(Nc2cccc3cccnc23)nn1. The van der Waals surface area contributed by atoms with Crippen LogP contribution in [-0.4, -0.2) is 21.1 Å². The molecule has 0 spiro atoms. The normalized spacial score (nSPS) is 10.5. The number of hydrogen-bond donors (Lipinski definition) is 2. The van der Waals surface area contributed by atoms with Crippen molar-refractivity contribution in [2.24, 2.45) is 0 Å². The highest BCUT2D eigenvalue weighted by Gasteiger charge is 2.09. The molecule has 0 saturated carbocycles. The van der Waals surface area contributed by atoms with Crippen molar-refractivity contribution >= 4 is 34.0 Å². The molecule has 0 fully saturated rings. The molecular weight excluding hydrogens is 326 g/mol. The van der Waals surface area contributed by atoms with Gasteiger partial charge in [0.25, 0.3) is 5.91 Å². The van der Waals surface area contributed by atoms with Crippen molar-refractivity contribution in [1.82, 2.24) is 15.2 Å². The minimum atomic E-state index is -0.304. The van der Waals surface area contributed by atoms with E-state index in [4.69, 9.17) is 0 Å². The first-order chi connectivity index (χ1) is 12.8. The number of nitrogens with one attached hydrogen (secondary N) is 2. The molecule has 4 aromatic rings. The van der Waals surface area contributed by atoms with Gasteiger partial charge in [-0.3, -0.25) is 9.78 Å². The van der Waals surface area contributed by atoms with Crippen LogP contribution >= 0.6 is 0 Å². The van der Waals surface area contributed by atoms with E-state index in [1.807, 2.05) is 60.7 Å². The standard InChI is InChI=1S/C20H15N5O/c26-20(22-15-8-2-1-3-9-15)17-11-12-18(25-24-17)23-16-10-4-6-14-7-5-13-21-19(14)16/h1-13H,(H,22,26)(H,23,25). The molecule has 0 aliphatic rings. The van der Waals surface area contributed by atoms with Gasteiger partial charge in [-0.15, -0.1) is 10.2 Å². The minimum absolute atomic E-state index is 0.246. The van der Waals surface area contributed by atoms with Gasteiger partial charge in [0.15, 0.2) is 11.5 Å². The Morgan fingerprint density at radius 3 is 2.46 bits per heavy atom. The lowest BCUT2D eigenvalue weighted by Crippen LogP contribution is -2.14. The maximum Gasteiger partial charge on any atom is 0.276 e. The largest absolute Gasteiger partial charge is 0.337 e. The Kier molecular flexibility index (Phi) is 4.22. The molecule has 126 valence electrons. The smallest absolute Gasteiger partial charge is 0.276 e. The number of pyridine rings is 1. The number of nitrogens with zero attached hydrogens (tertiary/aromatic N) is 3. The Morgan fingerprint density at radius 1 is 0.808 bits per heavy atom. The highest BCUT2D eigenvalue weighted by atomic mass is 16.1. The van der Waals surface area contributed by atoms with Gasteiger partial charge in [0.1, 0.15) is 0 Å². The van der Waals surface area contributed by atoms with E-state index in [1.165, 1.54) is 0 Å². The zero-order chi connectivity index (χ0) is 17.8. The minimum Gasteiger partial charge on any atom is -0.337 e. The van der Waals surface area contributed by atoms with Crippen molar-refractivity contribution < 1.29 is 4.79 Å². The fraction of sp³-hybridized carbons (Fsp3) is 0. The van der Waals surface area contributed by atoms with Gasteiger partial charge in [0.2, 0.25) is 0 Å². The molecule has 0 radical (unpaired) electrons. The van der Waals surface area contributed by atoms with E-state index in [9.17, 15) is 4.79 Å². The second kappa shape index (κ2) is 6.98. The number of aromatic nitrogens is 3. The van der Waals surface area contributed by atoms with Crippen LogP contribution in [0.15, 0.2) is 79.0 Å². The Labute approximate surface area is 149 Å². The second-order valence-electron chi connectivity index (χ2n) is 5.63. The van der Waals surface area contributed by atoms with Crippen molar-refractivity contribution in [2.45, 2.75) is 0 Å². The number of carbonyl (C=O) groups is 1. The highest BCUT2D eigenvalue weighted by molar-refractivity contribution is 6.02. The Bertz CT molecular complexity index is 1040. The number of fused-ring (bicyclic) bond motifs is 1. The number of benzene rings is 2. The summed E-state index contributed by atoms with van der Waals surface area (Å²) in [6.07, 6.45) is 1.75. The summed E-state index contributed by atoms with van der Waals surface area (Å²) in [5.74, 6) is 0.237. The van der Waals surface area contributed by atoms with Crippen LogP contribution in [0.25, 0.3) is 10.9 Å².